The summed E-state index contributed by atoms with van der Waals surface area (Å²) in [5.74, 6) is -0.0825. The lowest BCUT2D eigenvalue weighted by Crippen LogP contribution is -2.46. The van der Waals surface area contributed by atoms with Crippen molar-refractivity contribution in [1.29, 1.82) is 0 Å². The molecule has 0 atom stereocenters. The maximum atomic E-state index is 11.5. The van der Waals surface area contributed by atoms with E-state index in [1.54, 1.807) is 0 Å². The minimum Gasteiger partial charge on any atom is -0.356 e. The van der Waals surface area contributed by atoms with Crippen molar-refractivity contribution in [2.45, 2.75) is 26.2 Å². The summed E-state index contributed by atoms with van der Waals surface area (Å²) in [4.78, 5) is 25.2. The van der Waals surface area contributed by atoms with Crippen LogP contribution in [0.1, 0.15) is 26.2 Å². The molecular formula is C13H27ClN4O2. The summed E-state index contributed by atoms with van der Waals surface area (Å²) in [5, 5.41) is 8.91. The van der Waals surface area contributed by atoms with Crippen LogP contribution in [0, 0.1) is 0 Å². The van der Waals surface area contributed by atoms with Gasteiger partial charge in [0.2, 0.25) is 11.8 Å². The van der Waals surface area contributed by atoms with Gasteiger partial charge in [-0.3, -0.25) is 14.5 Å². The normalized spacial score (nSPS) is 15.2. The largest absolute Gasteiger partial charge is 0.356 e. The van der Waals surface area contributed by atoms with Crippen LogP contribution in [-0.2, 0) is 9.59 Å². The van der Waals surface area contributed by atoms with Gasteiger partial charge in [-0.05, 0) is 6.42 Å². The molecule has 3 N–H and O–H groups in total. The number of rotatable bonds is 8. The van der Waals surface area contributed by atoms with Gasteiger partial charge in [-0.2, -0.15) is 0 Å². The standard InChI is InChI=1S/C13H26N4O2.ClH/c1-2-5-15-12(18)3-4-13(19)16-8-11-17-9-6-14-7-10-17;/h14H,2-11H2,1H3,(H,15,18)(H,16,19);1H. The second kappa shape index (κ2) is 11.9. The molecule has 0 bridgehead atoms. The molecule has 118 valence electrons. The highest BCUT2D eigenvalue weighted by molar-refractivity contribution is 5.85. The van der Waals surface area contributed by atoms with E-state index in [0.29, 0.717) is 13.1 Å². The summed E-state index contributed by atoms with van der Waals surface area (Å²) in [6.45, 7) is 8.35. The summed E-state index contributed by atoms with van der Waals surface area (Å²) >= 11 is 0. The fourth-order valence-electron chi connectivity index (χ4n) is 1.96. The Morgan fingerprint density at radius 1 is 1.05 bits per heavy atom. The molecule has 6 nitrogen and oxygen atoms in total. The molecule has 2 amide bonds. The molecule has 0 saturated carbocycles. The highest BCUT2D eigenvalue weighted by atomic mass is 35.5. The number of hydrogen-bond donors (Lipinski definition) is 3. The van der Waals surface area contributed by atoms with E-state index >= 15 is 0 Å². The summed E-state index contributed by atoms with van der Waals surface area (Å²) < 4.78 is 0. The minimum atomic E-state index is -0.0425. The van der Waals surface area contributed by atoms with Crippen LogP contribution in [0.25, 0.3) is 0 Å². The van der Waals surface area contributed by atoms with Crippen LogP contribution in [0.3, 0.4) is 0 Å². The second-order valence-electron chi connectivity index (χ2n) is 4.79. The van der Waals surface area contributed by atoms with Crippen LogP contribution in [0.15, 0.2) is 0 Å². The van der Waals surface area contributed by atoms with E-state index in [0.717, 1.165) is 39.1 Å². The smallest absolute Gasteiger partial charge is 0.220 e. The van der Waals surface area contributed by atoms with Gasteiger partial charge in [0.1, 0.15) is 0 Å². The van der Waals surface area contributed by atoms with Crippen molar-refractivity contribution in [2.24, 2.45) is 0 Å². The van der Waals surface area contributed by atoms with Gasteiger partial charge in [-0.15, -0.1) is 12.4 Å². The van der Waals surface area contributed by atoms with Crippen molar-refractivity contribution in [3.63, 3.8) is 0 Å². The van der Waals surface area contributed by atoms with Crippen molar-refractivity contribution < 1.29 is 9.59 Å². The lowest BCUT2D eigenvalue weighted by molar-refractivity contribution is -0.126. The minimum absolute atomic E-state index is 0. The van der Waals surface area contributed by atoms with Gasteiger partial charge < -0.3 is 16.0 Å². The molecule has 1 saturated heterocycles. The van der Waals surface area contributed by atoms with E-state index in [1.807, 2.05) is 6.92 Å². The van der Waals surface area contributed by atoms with Crippen LogP contribution >= 0.6 is 12.4 Å². The summed E-state index contributed by atoms with van der Waals surface area (Å²) in [7, 11) is 0. The van der Waals surface area contributed by atoms with Gasteiger partial charge >= 0.3 is 0 Å². The topological polar surface area (TPSA) is 73.5 Å². The molecule has 0 unspecified atom stereocenters. The van der Waals surface area contributed by atoms with E-state index in [4.69, 9.17) is 0 Å². The second-order valence-corrected chi connectivity index (χ2v) is 4.79. The van der Waals surface area contributed by atoms with Crippen LogP contribution in [0.4, 0.5) is 0 Å². The Balaban J connectivity index is 0.00000361. The third-order valence-corrected chi connectivity index (χ3v) is 3.11. The van der Waals surface area contributed by atoms with Crippen molar-refractivity contribution in [3.8, 4) is 0 Å². The average molecular weight is 307 g/mol. The molecule has 0 spiro atoms. The highest BCUT2D eigenvalue weighted by Crippen LogP contribution is 1.92. The Bertz CT molecular complexity index is 284. The number of piperazine rings is 1. The predicted octanol–water partition coefficient (Wildman–Crippen LogP) is -0.264. The maximum Gasteiger partial charge on any atom is 0.220 e. The monoisotopic (exact) mass is 306 g/mol. The van der Waals surface area contributed by atoms with E-state index < -0.39 is 0 Å². The quantitative estimate of drug-likeness (QED) is 0.577. The lowest BCUT2D eigenvalue weighted by Gasteiger charge is -2.27. The predicted molar refractivity (Wildman–Crippen MR) is 82.1 cm³/mol. The first-order valence-electron chi connectivity index (χ1n) is 7.19. The maximum absolute atomic E-state index is 11.5. The highest BCUT2D eigenvalue weighted by Gasteiger charge is 2.10. The Hall–Kier alpha value is -0.850. The Morgan fingerprint density at radius 2 is 1.60 bits per heavy atom. The Labute approximate surface area is 127 Å². The summed E-state index contributed by atoms with van der Waals surface area (Å²) in [5.41, 5.74) is 0. The number of nitrogens with one attached hydrogen (secondary N) is 3. The van der Waals surface area contributed by atoms with Gasteiger partial charge in [0.15, 0.2) is 0 Å². The average Bonchev–Trinajstić information content (AvgIpc) is 2.44. The first-order chi connectivity index (χ1) is 9.22. The summed E-state index contributed by atoms with van der Waals surface area (Å²) in [6.07, 6.45) is 1.47. The van der Waals surface area contributed by atoms with Crippen molar-refractivity contribution in [1.82, 2.24) is 20.9 Å². The van der Waals surface area contributed by atoms with Crippen LogP contribution in [-0.4, -0.2) is 62.5 Å². The molecule has 1 aliphatic heterocycles. The van der Waals surface area contributed by atoms with Gasteiger partial charge in [0.05, 0.1) is 0 Å². The van der Waals surface area contributed by atoms with E-state index in [1.165, 1.54) is 0 Å². The lowest BCUT2D eigenvalue weighted by atomic mass is 10.2. The van der Waals surface area contributed by atoms with Gasteiger partial charge in [0, 0.05) is 58.7 Å². The number of amides is 2. The summed E-state index contributed by atoms with van der Waals surface area (Å²) in [6, 6.07) is 0. The number of nitrogens with zero attached hydrogens (tertiary/aromatic N) is 1. The molecule has 0 aromatic rings. The zero-order chi connectivity index (χ0) is 13.9. The molecule has 0 aliphatic carbocycles. The van der Waals surface area contributed by atoms with E-state index in [-0.39, 0.29) is 37.1 Å². The van der Waals surface area contributed by atoms with Gasteiger partial charge in [-0.1, -0.05) is 6.92 Å². The number of carbonyl (C=O) groups is 2. The Kier molecular flexibility index (Phi) is 11.4. The SMILES string of the molecule is CCCNC(=O)CCC(=O)NCCN1CCNCC1.Cl. The molecule has 7 heteroatoms. The van der Waals surface area contributed by atoms with Crippen molar-refractivity contribution in [3.05, 3.63) is 0 Å². The number of carbonyl (C=O) groups excluding carboxylic acids is 2. The molecule has 1 aliphatic rings. The molecule has 1 heterocycles. The third-order valence-electron chi connectivity index (χ3n) is 3.11. The number of hydrogen-bond acceptors (Lipinski definition) is 4. The zero-order valence-electron chi connectivity index (χ0n) is 12.2. The Morgan fingerprint density at radius 3 is 2.15 bits per heavy atom. The first kappa shape index (κ1) is 19.1. The molecule has 20 heavy (non-hydrogen) atoms. The zero-order valence-corrected chi connectivity index (χ0v) is 13.1. The van der Waals surface area contributed by atoms with Crippen molar-refractivity contribution >= 4 is 24.2 Å². The molecule has 1 rings (SSSR count). The van der Waals surface area contributed by atoms with Gasteiger partial charge in [-0.25, -0.2) is 0 Å². The molecule has 0 aromatic heterocycles. The van der Waals surface area contributed by atoms with Gasteiger partial charge in [0.25, 0.3) is 0 Å². The molecular weight excluding hydrogens is 280 g/mol. The molecule has 1 fully saturated rings. The number of halogens is 1. The fraction of sp³-hybridized carbons (Fsp3) is 0.846. The van der Waals surface area contributed by atoms with Crippen LogP contribution in [0.5, 0.6) is 0 Å². The fourth-order valence-corrected chi connectivity index (χ4v) is 1.96. The van der Waals surface area contributed by atoms with Crippen molar-refractivity contribution in [2.75, 3.05) is 45.8 Å². The van der Waals surface area contributed by atoms with E-state index in [9.17, 15) is 9.59 Å². The molecule has 0 aromatic carbocycles. The molecule has 0 radical (unpaired) electrons. The third kappa shape index (κ3) is 9.12. The van der Waals surface area contributed by atoms with Crippen LogP contribution in [0.2, 0.25) is 0 Å². The van der Waals surface area contributed by atoms with Crippen LogP contribution < -0.4 is 16.0 Å². The first-order valence-corrected chi connectivity index (χ1v) is 7.19. The van der Waals surface area contributed by atoms with E-state index in [2.05, 4.69) is 20.9 Å².